The maximum absolute atomic E-state index is 12.8. The van der Waals surface area contributed by atoms with Crippen molar-refractivity contribution in [3.8, 4) is 5.75 Å². The maximum atomic E-state index is 12.8. The van der Waals surface area contributed by atoms with Crippen LogP contribution in [0.15, 0.2) is 42.5 Å². The summed E-state index contributed by atoms with van der Waals surface area (Å²) in [5.74, 6) is 1.04. The lowest BCUT2D eigenvalue weighted by molar-refractivity contribution is -0.121. The highest BCUT2D eigenvalue weighted by Crippen LogP contribution is 2.43. The number of unbranched alkanes of at least 4 members (excludes halogenated alkanes) is 1. The lowest BCUT2D eigenvalue weighted by Gasteiger charge is -2.37. The van der Waals surface area contributed by atoms with E-state index in [0.29, 0.717) is 0 Å². The number of nitrogens with one attached hydrogen (secondary N) is 1. The Balaban J connectivity index is 0.00000289. The molecule has 0 saturated carbocycles. The number of ether oxygens (including phenoxy) is 1. The second-order valence-electron chi connectivity index (χ2n) is 8.54. The molecule has 2 aromatic carbocycles. The third kappa shape index (κ3) is 4.85. The van der Waals surface area contributed by atoms with Gasteiger partial charge in [0.1, 0.15) is 5.75 Å². The van der Waals surface area contributed by atoms with E-state index in [1.165, 1.54) is 5.56 Å². The zero-order valence-corrected chi connectivity index (χ0v) is 20.5. The Hall–Kier alpha value is -1.95. The lowest BCUT2D eigenvalue weighted by Crippen LogP contribution is -2.46. The molecule has 1 saturated heterocycles. The Labute approximate surface area is 202 Å². The molecule has 2 heterocycles. The van der Waals surface area contributed by atoms with Crippen LogP contribution >= 0.6 is 24.0 Å². The summed E-state index contributed by atoms with van der Waals surface area (Å²) in [5, 5.41) is 3.83. The predicted octanol–water partition coefficient (Wildman–Crippen LogP) is 5.36. The van der Waals surface area contributed by atoms with Crippen LogP contribution in [0.2, 0.25) is 5.02 Å². The van der Waals surface area contributed by atoms with E-state index in [2.05, 4.69) is 28.1 Å². The van der Waals surface area contributed by atoms with Gasteiger partial charge in [-0.1, -0.05) is 43.1 Å². The molecule has 0 aromatic heterocycles. The first kappa shape index (κ1) is 24.7. The van der Waals surface area contributed by atoms with Gasteiger partial charge in [-0.25, -0.2) is 0 Å². The first-order valence-electron chi connectivity index (χ1n) is 11.3. The van der Waals surface area contributed by atoms with Crippen molar-refractivity contribution in [2.75, 3.05) is 50.1 Å². The zero-order valence-electron chi connectivity index (χ0n) is 18.9. The van der Waals surface area contributed by atoms with E-state index in [0.717, 1.165) is 80.6 Å². The molecule has 2 aliphatic rings. The van der Waals surface area contributed by atoms with Gasteiger partial charge in [0, 0.05) is 36.9 Å². The highest BCUT2D eigenvalue weighted by Gasteiger charge is 2.44. The minimum atomic E-state index is -0.363. The zero-order chi connectivity index (χ0) is 21.8. The molecular formula is C25H33Cl2N3O2. The second kappa shape index (κ2) is 10.8. The minimum absolute atomic E-state index is 0. The van der Waals surface area contributed by atoms with Gasteiger partial charge < -0.3 is 15.0 Å². The van der Waals surface area contributed by atoms with Crippen LogP contribution < -0.4 is 15.0 Å². The number of anilines is 2. The highest BCUT2D eigenvalue weighted by molar-refractivity contribution is 6.31. The summed E-state index contributed by atoms with van der Waals surface area (Å²) < 4.78 is 5.52. The number of carbonyl (C=O) groups is 1. The average molecular weight is 478 g/mol. The van der Waals surface area contributed by atoms with E-state index in [1.807, 2.05) is 36.4 Å². The van der Waals surface area contributed by atoms with Crippen molar-refractivity contribution in [3.63, 3.8) is 0 Å². The number of carbonyl (C=O) groups excluding carboxylic acids is 1. The van der Waals surface area contributed by atoms with Crippen molar-refractivity contribution in [1.29, 1.82) is 0 Å². The summed E-state index contributed by atoms with van der Waals surface area (Å²) in [7, 11) is 1.70. The number of nitrogens with zero attached hydrogens (tertiary/aromatic N) is 2. The number of fused-ring (bicyclic) bond motifs is 1. The molecule has 2 aromatic rings. The van der Waals surface area contributed by atoms with Crippen molar-refractivity contribution in [1.82, 2.24) is 4.90 Å². The summed E-state index contributed by atoms with van der Waals surface area (Å²) >= 11 is 6.20. The number of benzene rings is 2. The lowest BCUT2D eigenvalue weighted by atomic mass is 9.75. The molecule has 1 amide bonds. The molecule has 7 heteroatoms. The second-order valence-corrected chi connectivity index (χ2v) is 8.97. The van der Waals surface area contributed by atoms with Crippen LogP contribution in [-0.4, -0.2) is 50.6 Å². The first-order chi connectivity index (χ1) is 15.1. The van der Waals surface area contributed by atoms with E-state index >= 15 is 0 Å². The Kier molecular flexibility index (Phi) is 8.32. The van der Waals surface area contributed by atoms with Crippen molar-refractivity contribution < 1.29 is 9.53 Å². The molecule has 4 rings (SSSR count). The normalized spacial score (nSPS) is 20.5. The largest absolute Gasteiger partial charge is 0.495 e. The molecule has 1 atom stereocenters. The Bertz CT molecular complexity index is 931. The molecule has 0 radical (unpaired) electrons. The van der Waals surface area contributed by atoms with E-state index in [9.17, 15) is 4.79 Å². The number of halogens is 2. The smallest absolute Gasteiger partial charge is 0.235 e. The monoisotopic (exact) mass is 477 g/mol. The number of para-hydroxylation sites is 1. The highest BCUT2D eigenvalue weighted by atomic mass is 35.5. The molecule has 5 nitrogen and oxygen atoms in total. The van der Waals surface area contributed by atoms with Gasteiger partial charge in [-0.3, -0.25) is 9.69 Å². The summed E-state index contributed by atoms with van der Waals surface area (Å²) in [6, 6.07) is 13.9. The van der Waals surface area contributed by atoms with Crippen LogP contribution in [0.4, 0.5) is 11.4 Å². The van der Waals surface area contributed by atoms with E-state index in [1.54, 1.807) is 7.11 Å². The number of piperazine rings is 1. The first-order valence-corrected chi connectivity index (χ1v) is 11.7. The predicted molar refractivity (Wildman–Crippen MR) is 135 cm³/mol. The molecule has 0 bridgehead atoms. The molecule has 2 aliphatic heterocycles. The summed E-state index contributed by atoms with van der Waals surface area (Å²) in [6.07, 6.45) is 3.91. The maximum Gasteiger partial charge on any atom is 0.235 e. The molecule has 1 fully saturated rings. The molecule has 174 valence electrons. The molecule has 0 spiro atoms. The van der Waals surface area contributed by atoms with Gasteiger partial charge in [0.05, 0.1) is 18.2 Å². The van der Waals surface area contributed by atoms with Gasteiger partial charge in [-0.15, -0.1) is 12.4 Å². The van der Waals surface area contributed by atoms with Crippen molar-refractivity contribution in [3.05, 3.63) is 53.1 Å². The Morgan fingerprint density at radius 2 is 1.84 bits per heavy atom. The SMILES string of the molecule is CCC1(CCCCN2CCN(c3cc(Cl)ccc3OC)CC2)C(=O)Nc2ccccc21.Cl. The standard InChI is InChI=1S/C25H32ClN3O2.ClH/c1-3-25(20-8-4-5-9-21(20)27-24(25)30)12-6-7-13-28-14-16-29(17-15-28)22-18-19(26)10-11-23(22)31-2;/h4-5,8-11,18H,3,6-7,12-17H2,1-2H3,(H,27,30);1H. The summed E-state index contributed by atoms with van der Waals surface area (Å²) in [5.41, 5.74) is 2.87. The third-order valence-electron chi connectivity index (χ3n) is 6.91. The van der Waals surface area contributed by atoms with E-state index < -0.39 is 0 Å². The van der Waals surface area contributed by atoms with E-state index in [-0.39, 0.29) is 23.7 Å². The van der Waals surface area contributed by atoms with E-state index in [4.69, 9.17) is 16.3 Å². The molecule has 0 aliphatic carbocycles. The minimum Gasteiger partial charge on any atom is -0.495 e. The van der Waals surface area contributed by atoms with Crippen molar-refractivity contribution >= 4 is 41.3 Å². The average Bonchev–Trinajstić information content (AvgIpc) is 3.08. The quantitative estimate of drug-likeness (QED) is 0.519. The molecule has 1 unspecified atom stereocenters. The fourth-order valence-corrected chi connectivity index (χ4v) is 5.20. The van der Waals surface area contributed by atoms with Gasteiger partial charge >= 0.3 is 0 Å². The van der Waals surface area contributed by atoms with Crippen LogP contribution in [0.25, 0.3) is 0 Å². The topological polar surface area (TPSA) is 44.8 Å². The van der Waals surface area contributed by atoms with Crippen LogP contribution in [0.1, 0.15) is 38.2 Å². The van der Waals surface area contributed by atoms with Gasteiger partial charge in [-0.05, 0) is 55.6 Å². The molecular weight excluding hydrogens is 445 g/mol. The fourth-order valence-electron chi connectivity index (χ4n) is 5.03. The number of amides is 1. The van der Waals surface area contributed by atoms with Crippen LogP contribution in [0.3, 0.4) is 0 Å². The van der Waals surface area contributed by atoms with Crippen molar-refractivity contribution in [2.24, 2.45) is 0 Å². The van der Waals surface area contributed by atoms with Crippen LogP contribution in [0, 0.1) is 0 Å². The Morgan fingerprint density at radius 1 is 1.09 bits per heavy atom. The fraction of sp³-hybridized carbons (Fsp3) is 0.480. The van der Waals surface area contributed by atoms with Crippen molar-refractivity contribution in [2.45, 2.75) is 38.0 Å². The Morgan fingerprint density at radius 3 is 2.56 bits per heavy atom. The van der Waals surface area contributed by atoms with Gasteiger partial charge in [0.15, 0.2) is 0 Å². The van der Waals surface area contributed by atoms with Gasteiger partial charge in [0.25, 0.3) is 0 Å². The molecule has 1 N–H and O–H groups in total. The van der Waals surface area contributed by atoms with Crippen LogP contribution in [0.5, 0.6) is 5.75 Å². The summed E-state index contributed by atoms with van der Waals surface area (Å²) in [6.45, 7) is 7.18. The number of hydrogen-bond acceptors (Lipinski definition) is 4. The van der Waals surface area contributed by atoms with Gasteiger partial charge in [-0.2, -0.15) is 0 Å². The summed E-state index contributed by atoms with van der Waals surface area (Å²) in [4.78, 5) is 17.7. The number of rotatable bonds is 8. The number of methoxy groups -OCH3 is 1. The van der Waals surface area contributed by atoms with Gasteiger partial charge in [0.2, 0.25) is 5.91 Å². The molecule has 32 heavy (non-hydrogen) atoms. The van der Waals surface area contributed by atoms with Crippen LogP contribution in [-0.2, 0) is 10.2 Å². The third-order valence-corrected chi connectivity index (χ3v) is 7.15. The number of hydrogen-bond donors (Lipinski definition) is 1.